The Morgan fingerprint density at radius 3 is 2.65 bits per heavy atom. The molecular formula is C13H20N2O4S. The molecule has 0 saturated carbocycles. The van der Waals surface area contributed by atoms with E-state index in [4.69, 9.17) is 10.5 Å². The molecule has 0 fully saturated rings. The number of nitrogens with one attached hydrogen (secondary N) is 1. The predicted octanol–water partition coefficient (Wildman–Crippen LogP) is 0.502. The largest absolute Gasteiger partial charge is 0.399 e. The minimum Gasteiger partial charge on any atom is -0.399 e. The van der Waals surface area contributed by atoms with Gasteiger partial charge in [-0.15, -0.1) is 0 Å². The van der Waals surface area contributed by atoms with Crippen LogP contribution in [0.25, 0.3) is 0 Å². The smallest absolute Gasteiger partial charge is 0.235 e. The molecule has 0 spiro atoms. The highest BCUT2D eigenvalue weighted by molar-refractivity contribution is 7.92. The number of anilines is 1. The van der Waals surface area contributed by atoms with E-state index >= 15 is 0 Å². The van der Waals surface area contributed by atoms with Crippen molar-refractivity contribution in [2.24, 2.45) is 0 Å². The lowest BCUT2D eigenvalue weighted by Gasteiger charge is -2.13. The molecule has 1 aromatic carbocycles. The summed E-state index contributed by atoms with van der Waals surface area (Å²) in [5.74, 6) is -1.14. The quantitative estimate of drug-likeness (QED) is 0.746. The van der Waals surface area contributed by atoms with Crippen molar-refractivity contribution < 1.29 is 17.9 Å². The summed E-state index contributed by atoms with van der Waals surface area (Å²) in [6.45, 7) is 3.71. The highest BCUT2D eigenvalue weighted by Crippen LogP contribution is 2.19. The average Bonchev–Trinajstić information content (AvgIpc) is 2.26. The Morgan fingerprint density at radius 2 is 2.10 bits per heavy atom. The number of ether oxygens (including phenoxy) is 1. The Labute approximate surface area is 119 Å². The van der Waals surface area contributed by atoms with Crippen molar-refractivity contribution in [2.75, 3.05) is 25.2 Å². The Balaban J connectivity index is 2.82. The van der Waals surface area contributed by atoms with E-state index in [-0.39, 0.29) is 10.9 Å². The van der Waals surface area contributed by atoms with Crippen LogP contribution >= 0.6 is 0 Å². The molecule has 0 aliphatic carbocycles. The summed E-state index contributed by atoms with van der Waals surface area (Å²) in [6.07, 6.45) is 0. The number of sulfone groups is 1. The summed E-state index contributed by atoms with van der Waals surface area (Å²) in [5.41, 5.74) is 6.60. The van der Waals surface area contributed by atoms with Gasteiger partial charge >= 0.3 is 0 Å². The van der Waals surface area contributed by atoms with Crippen LogP contribution in [0.3, 0.4) is 0 Å². The minimum atomic E-state index is -3.68. The van der Waals surface area contributed by atoms with Crippen molar-refractivity contribution in [3.05, 3.63) is 23.8 Å². The van der Waals surface area contributed by atoms with E-state index in [0.29, 0.717) is 17.9 Å². The first-order valence-electron chi connectivity index (χ1n) is 6.13. The van der Waals surface area contributed by atoms with Gasteiger partial charge in [0.1, 0.15) is 5.75 Å². The van der Waals surface area contributed by atoms with E-state index in [1.54, 1.807) is 19.9 Å². The van der Waals surface area contributed by atoms with Crippen LogP contribution in [0.1, 0.15) is 12.5 Å². The molecule has 20 heavy (non-hydrogen) atoms. The number of aryl methyl sites for hydroxylation is 1. The van der Waals surface area contributed by atoms with Crippen molar-refractivity contribution >= 4 is 21.4 Å². The number of carbonyl (C=O) groups is 1. The van der Waals surface area contributed by atoms with Gasteiger partial charge in [-0.2, -0.15) is 0 Å². The van der Waals surface area contributed by atoms with Crippen LogP contribution in [0.15, 0.2) is 23.1 Å². The predicted molar refractivity (Wildman–Crippen MR) is 77.1 cm³/mol. The van der Waals surface area contributed by atoms with Gasteiger partial charge in [-0.1, -0.05) is 0 Å². The number of nitrogen functional groups attached to an aromatic ring is 1. The standard InChI is InChI=1S/C13H20N2O4S/c1-9-6-11(14)4-5-12(9)20(17,18)8-13(16)15-10(2)7-19-3/h4-6,10H,7-8,14H2,1-3H3,(H,15,16). The van der Waals surface area contributed by atoms with Crippen LogP contribution in [-0.4, -0.2) is 39.8 Å². The molecule has 1 aromatic rings. The fourth-order valence-corrected chi connectivity index (χ4v) is 3.29. The van der Waals surface area contributed by atoms with Gasteiger partial charge in [0.2, 0.25) is 5.91 Å². The zero-order valence-electron chi connectivity index (χ0n) is 11.8. The van der Waals surface area contributed by atoms with E-state index < -0.39 is 21.5 Å². The van der Waals surface area contributed by atoms with Gasteiger partial charge in [0.05, 0.1) is 11.5 Å². The third kappa shape index (κ3) is 4.50. The second-order valence-corrected chi connectivity index (χ2v) is 6.67. The Kier molecular flexibility index (Phi) is 5.52. The molecule has 112 valence electrons. The average molecular weight is 300 g/mol. The summed E-state index contributed by atoms with van der Waals surface area (Å²) >= 11 is 0. The summed E-state index contributed by atoms with van der Waals surface area (Å²) in [7, 11) is -2.16. The molecule has 0 heterocycles. The SMILES string of the molecule is COCC(C)NC(=O)CS(=O)(=O)c1ccc(N)cc1C. The molecule has 1 amide bonds. The lowest BCUT2D eigenvalue weighted by atomic mass is 10.2. The summed E-state index contributed by atoms with van der Waals surface area (Å²) in [6, 6.07) is 4.26. The van der Waals surface area contributed by atoms with Crippen LogP contribution in [0.5, 0.6) is 0 Å². The topological polar surface area (TPSA) is 98.5 Å². The number of hydrogen-bond donors (Lipinski definition) is 2. The van der Waals surface area contributed by atoms with Gasteiger partial charge in [0, 0.05) is 18.8 Å². The lowest BCUT2D eigenvalue weighted by Crippen LogP contribution is -2.39. The normalized spacial score (nSPS) is 12.9. The van der Waals surface area contributed by atoms with E-state index in [0.717, 1.165) is 0 Å². The van der Waals surface area contributed by atoms with Crippen LogP contribution < -0.4 is 11.1 Å². The fourth-order valence-electron chi connectivity index (χ4n) is 1.88. The Bertz CT molecular complexity index is 584. The van der Waals surface area contributed by atoms with Gasteiger partial charge in [0.15, 0.2) is 9.84 Å². The first kappa shape index (κ1) is 16.5. The molecule has 0 aromatic heterocycles. The molecule has 7 heteroatoms. The number of hydrogen-bond acceptors (Lipinski definition) is 5. The van der Waals surface area contributed by atoms with Crippen molar-refractivity contribution in [3.63, 3.8) is 0 Å². The maximum absolute atomic E-state index is 12.2. The lowest BCUT2D eigenvalue weighted by molar-refractivity contribution is -0.119. The highest BCUT2D eigenvalue weighted by atomic mass is 32.2. The minimum absolute atomic E-state index is 0.126. The number of amides is 1. The molecule has 0 bridgehead atoms. The first-order valence-corrected chi connectivity index (χ1v) is 7.78. The summed E-state index contributed by atoms with van der Waals surface area (Å²) < 4.78 is 29.2. The molecule has 3 N–H and O–H groups in total. The third-order valence-electron chi connectivity index (χ3n) is 2.68. The molecule has 0 aliphatic rings. The number of methoxy groups -OCH3 is 1. The van der Waals surface area contributed by atoms with Crippen molar-refractivity contribution in [1.82, 2.24) is 5.32 Å². The van der Waals surface area contributed by atoms with Gasteiger partial charge in [-0.05, 0) is 37.6 Å². The fraction of sp³-hybridized carbons (Fsp3) is 0.462. The molecule has 1 unspecified atom stereocenters. The van der Waals surface area contributed by atoms with E-state index in [1.807, 2.05) is 0 Å². The van der Waals surface area contributed by atoms with Crippen molar-refractivity contribution in [3.8, 4) is 0 Å². The van der Waals surface area contributed by atoms with Crippen molar-refractivity contribution in [2.45, 2.75) is 24.8 Å². The zero-order chi connectivity index (χ0) is 15.3. The Hall–Kier alpha value is -1.60. The molecule has 0 aliphatic heterocycles. The van der Waals surface area contributed by atoms with Gasteiger partial charge < -0.3 is 15.8 Å². The molecule has 0 radical (unpaired) electrons. The van der Waals surface area contributed by atoms with E-state index in [9.17, 15) is 13.2 Å². The van der Waals surface area contributed by atoms with E-state index in [2.05, 4.69) is 5.32 Å². The maximum Gasteiger partial charge on any atom is 0.235 e. The molecular weight excluding hydrogens is 280 g/mol. The molecule has 0 saturated heterocycles. The van der Waals surface area contributed by atoms with Gasteiger partial charge in [-0.3, -0.25) is 4.79 Å². The number of benzene rings is 1. The summed E-state index contributed by atoms with van der Waals surface area (Å²) in [4.78, 5) is 11.9. The second kappa shape index (κ2) is 6.71. The van der Waals surface area contributed by atoms with Crippen molar-refractivity contribution in [1.29, 1.82) is 0 Å². The van der Waals surface area contributed by atoms with Crippen LogP contribution in [0.2, 0.25) is 0 Å². The monoisotopic (exact) mass is 300 g/mol. The molecule has 1 rings (SSSR count). The van der Waals surface area contributed by atoms with Crippen LogP contribution in [-0.2, 0) is 19.4 Å². The second-order valence-electron chi connectivity index (χ2n) is 4.71. The van der Waals surface area contributed by atoms with Gasteiger partial charge in [0.25, 0.3) is 0 Å². The third-order valence-corrected chi connectivity index (χ3v) is 4.45. The Morgan fingerprint density at radius 1 is 1.45 bits per heavy atom. The van der Waals surface area contributed by atoms with Crippen LogP contribution in [0, 0.1) is 6.92 Å². The highest BCUT2D eigenvalue weighted by Gasteiger charge is 2.22. The number of rotatable bonds is 6. The van der Waals surface area contributed by atoms with Crippen LogP contribution in [0.4, 0.5) is 5.69 Å². The number of nitrogens with two attached hydrogens (primary N) is 1. The van der Waals surface area contributed by atoms with E-state index in [1.165, 1.54) is 19.2 Å². The summed E-state index contributed by atoms with van der Waals surface area (Å²) in [5, 5.41) is 2.57. The first-order chi connectivity index (χ1) is 9.26. The number of carbonyl (C=O) groups excluding carboxylic acids is 1. The maximum atomic E-state index is 12.2. The van der Waals surface area contributed by atoms with Gasteiger partial charge in [-0.25, -0.2) is 8.42 Å². The molecule has 6 nitrogen and oxygen atoms in total. The zero-order valence-corrected chi connectivity index (χ0v) is 12.7. The molecule has 1 atom stereocenters.